The summed E-state index contributed by atoms with van der Waals surface area (Å²) in [4.78, 5) is 26.2. The van der Waals surface area contributed by atoms with Gasteiger partial charge in [-0.1, -0.05) is 35.3 Å². The first-order valence-electron chi connectivity index (χ1n) is 11.8. The van der Waals surface area contributed by atoms with E-state index in [1.807, 2.05) is 0 Å². The fourth-order valence-corrected chi connectivity index (χ4v) is 6.14. The van der Waals surface area contributed by atoms with Crippen molar-refractivity contribution in [3.05, 3.63) is 87.0 Å². The molecule has 0 bridgehead atoms. The number of carbonyl (C=O) groups excluding carboxylic acids is 1. The van der Waals surface area contributed by atoms with Crippen molar-refractivity contribution < 1.29 is 22.4 Å². The number of ether oxygens (including phenoxy) is 1. The number of nitrogens with zero attached hydrogens (tertiary/aromatic N) is 1. The van der Waals surface area contributed by atoms with Crippen LogP contribution in [0.25, 0.3) is 22.3 Å². The summed E-state index contributed by atoms with van der Waals surface area (Å²) in [7, 11) is -3.56. The van der Waals surface area contributed by atoms with Crippen molar-refractivity contribution in [1.29, 1.82) is 0 Å². The predicted molar refractivity (Wildman–Crippen MR) is 146 cm³/mol. The summed E-state index contributed by atoms with van der Waals surface area (Å²) in [5.41, 5.74) is 0.582. The quantitative estimate of drug-likeness (QED) is 0.310. The molecule has 0 aliphatic carbocycles. The molecular formula is C27H22Cl2N2O6S. The Balaban J connectivity index is 1.37. The van der Waals surface area contributed by atoms with Crippen LogP contribution in [0.15, 0.2) is 80.8 Å². The zero-order valence-electron chi connectivity index (χ0n) is 19.9. The number of sulfonamides is 1. The number of hydrogen-bond acceptors (Lipinski definition) is 6. The Morgan fingerprint density at radius 3 is 2.42 bits per heavy atom. The lowest BCUT2D eigenvalue weighted by Gasteiger charge is -2.16. The normalized spacial score (nSPS) is 14.1. The molecule has 1 aliphatic heterocycles. The molecule has 1 aromatic heterocycles. The molecule has 1 fully saturated rings. The van der Waals surface area contributed by atoms with E-state index in [9.17, 15) is 18.0 Å². The molecule has 5 rings (SSSR count). The van der Waals surface area contributed by atoms with Crippen LogP contribution in [0, 0.1) is 0 Å². The van der Waals surface area contributed by atoms with E-state index in [0.29, 0.717) is 34.4 Å². The van der Waals surface area contributed by atoms with Crippen LogP contribution in [-0.2, 0) is 14.8 Å². The van der Waals surface area contributed by atoms with Gasteiger partial charge in [-0.3, -0.25) is 9.59 Å². The van der Waals surface area contributed by atoms with Gasteiger partial charge in [0.1, 0.15) is 5.58 Å². The third kappa shape index (κ3) is 5.28. The van der Waals surface area contributed by atoms with E-state index in [2.05, 4.69) is 5.32 Å². The highest BCUT2D eigenvalue weighted by atomic mass is 35.5. The van der Waals surface area contributed by atoms with Gasteiger partial charge in [-0.2, -0.15) is 4.31 Å². The summed E-state index contributed by atoms with van der Waals surface area (Å²) in [6.45, 7) is 0.495. The lowest BCUT2D eigenvalue weighted by atomic mass is 10.1. The van der Waals surface area contributed by atoms with Crippen molar-refractivity contribution in [2.24, 2.45) is 0 Å². The Bertz CT molecular complexity index is 1680. The Hall–Kier alpha value is -3.37. The minimum absolute atomic E-state index is 0.0831. The van der Waals surface area contributed by atoms with Gasteiger partial charge in [0.15, 0.2) is 12.4 Å². The average molecular weight is 573 g/mol. The molecule has 1 aliphatic rings. The molecule has 0 radical (unpaired) electrons. The number of hydrogen-bond donors (Lipinski definition) is 1. The van der Waals surface area contributed by atoms with Crippen molar-refractivity contribution in [3.8, 4) is 17.1 Å². The van der Waals surface area contributed by atoms with Crippen LogP contribution in [-0.4, -0.2) is 38.3 Å². The molecule has 1 amide bonds. The van der Waals surface area contributed by atoms with Crippen LogP contribution in [0.2, 0.25) is 10.0 Å². The van der Waals surface area contributed by atoms with Crippen LogP contribution < -0.4 is 15.5 Å². The van der Waals surface area contributed by atoms with E-state index in [1.165, 1.54) is 34.6 Å². The largest absolute Gasteiger partial charge is 0.476 e. The van der Waals surface area contributed by atoms with Gasteiger partial charge in [-0.05, 0) is 67.4 Å². The summed E-state index contributed by atoms with van der Waals surface area (Å²) in [6, 6.07) is 17.3. The second-order valence-electron chi connectivity index (χ2n) is 8.68. The van der Waals surface area contributed by atoms with Crippen LogP contribution in [0.4, 0.5) is 5.69 Å². The average Bonchev–Trinajstić information content (AvgIpc) is 3.45. The number of halogens is 2. The summed E-state index contributed by atoms with van der Waals surface area (Å²) in [6.07, 6.45) is 1.68. The molecule has 1 N–H and O–H groups in total. The number of amides is 1. The first kappa shape index (κ1) is 26.2. The molecule has 0 unspecified atom stereocenters. The summed E-state index contributed by atoms with van der Waals surface area (Å²) < 4.78 is 38.5. The zero-order valence-corrected chi connectivity index (χ0v) is 22.3. The van der Waals surface area contributed by atoms with Crippen LogP contribution in [0.1, 0.15) is 12.8 Å². The topological polar surface area (TPSA) is 106 Å². The standard InChI is InChI=1S/C27H22Cl2N2O6S/c28-17-7-12-23-21(15-17)25(33)27(26(37-23)20-5-1-2-6-22(20)29)36-16-24(32)30-18-8-10-19(11-9-18)38(34,35)31-13-3-4-14-31/h1-2,5-12,15H,3-4,13-14,16H2,(H,30,32). The van der Waals surface area contributed by atoms with Gasteiger partial charge in [0, 0.05) is 29.4 Å². The maximum absolute atomic E-state index is 13.3. The van der Waals surface area contributed by atoms with Crippen molar-refractivity contribution >= 4 is 55.8 Å². The summed E-state index contributed by atoms with van der Waals surface area (Å²) >= 11 is 12.4. The summed E-state index contributed by atoms with van der Waals surface area (Å²) in [5, 5.41) is 3.51. The maximum Gasteiger partial charge on any atom is 0.262 e. The predicted octanol–water partition coefficient (Wildman–Crippen LogP) is 5.57. The number of fused-ring (bicyclic) bond motifs is 1. The second-order valence-corrected chi connectivity index (χ2v) is 11.5. The van der Waals surface area contributed by atoms with Gasteiger partial charge < -0.3 is 14.5 Å². The molecule has 11 heteroatoms. The minimum Gasteiger partial charge on any atom is -0.476 e. The fourth-order valence-electron chi connectivity index (χ4n) is 4.23. The van der Waals surface area contributed by atoms with Gasteiger partial charge in [-0.25, -0.2) is 8.42 Å². The Morgan fingerprint density at radius 1 is 1.00 bits per heavy atom. The molecule has 0 spiro atoms. The molecule has 0 atom stereocenters. The minimum atomic E-state index is -3.56. The molecule has 196 valence electrons. The molecule has 0 saturated carbocycles. The smallest absolute Gasteiger partial charge is 0.262 e. The number of carbonyl (C=O) groups is 1. The first-order valence-corrected chi connectivity index (χ1v) is 14.0. The van der Waals surface area contributed by atoms with Crippen molar-refractivity contribution in [3.63, 3.8) is 0 Å². The van der Waals surface area contributed by atoms with Crippen LogP contribution >= 0.6 is 23.2 Å². The van der Waals surface area contributed by atoms with Crippen molar-refractivity contribution in [2.45, 2.75) is 17.7 Å². The van der Waals surface area contributed by atoms with E-state index in [1.54, 1.807) is 36.4 Å². The molecule has 2 heterocycles. The fraction of sp³-hybridized carbons (Fsp3) is 0.185. The highest BCUT2D eigenvalue weighted by Crippen LogP contribution is 2.35. The number of anilines is 1. The number of nitrogens with one attached hydrogen (secondary N) is 1. The van der Waals surface area contributed by atoms with E-state index in [-0.39, 0.29) is 27.4 Å². The second kappa shape index (κ2) is 10.8. The zero-order chi connectivity index (χ0) is 26.9. The lowest BCUT2D eigenvalue weighted by molar-refractivity contribution is -0.118. The highest BCUT2D eigenvalue weighted by Gasteiger charge is 2.27. The molecule has 38 heavy (non-hydrogen) atoms. The highest BCUT2D eigenvalue weighted by molar-refractivity contribution is 7.89. The van der Waals surface area contributed by atoms with Crippen molar-refractivity contribution in [2.75, 3.05) is 25.0 Å². The Kier molecular flexibility index (Phi) is 7.45. The van der Waals surface area contributed by atoms with E-state index >= 15 is 0 Å². The van der Waals surface area contributed by atoms with E-state index in [0.717, 1.165) is 12.8 Å². The maximum atomic E-state index is 13.3. The molecule has 8 nitrogen and oxygen atoms in total. The third-order valence-corrected chi connectivity index (χ3v) is 8.60. The van der Waals surface area contributed by atoms with Gasteiger partial charge >= 0.3 is 0 Å². The molecule has 4 aromatic rings. The van der Waals surface area contributed by atoms with Crippen LogP contribution in [0.5, 0.6) is 5.75 Å². The van der Waals surface area contributed by atoms with E-state index in [4.69, 9.17) is 32.4 Å². The summed E-state index contributed by atoms with van der Waals surface area (Å²) in [5.74, 6) is -0.661. The molecule has 3 aromatic carbocycles. The Morgan fingerprint density at radius 2 is 1.71 bits per heavy atom. The number of benzene rings is 3. The van der Waals surface area contributed by atoms with Crippen molar-refractivity contribution in [1.82, 2.24) is 4.31 Å². The first-order chi connectivity index (χ1) is 18.2. The SMILES string of the molecule is O=C(COc1c(-c2ccccc2Cl)oc2ccc(Cl)cc2c1=O)Nc1ccc(S(=O)(=O)N2CCCC2)cc1. The van der Waals surface area contributed by atoms with Gasteiger partial charge in [0.2, 0.25) is 21.2 Å². The van der Waals surface area contributed by atoms with Gasteiger partial charge in [-0.15, -0.1) is 0 Å². The number of rotatable bonds is 7. The van der Waals surface area contributed by atoms with E-state index < -0.39 is 28.0 Å². The van der Waals surface area contributed by atoms with Crippen LogP contribution in [0.3, 0.4) is 0 Å². The van der Waals surface area contributed by atoms with Gasteiger partial charge in [0.25, 0.3) is 5.91 Å². The Labute approximate surface area is 228 Å². The van der Waals surface area contributed by atoms with Gasteiger partial charge in [0.05, 0.1) is 15.3 Å². The lowest BCUT2D eigenvalue weighted by Crippen LogP contribution is -2.27. The monoisotopic (exact) mass is 572 g/mol. The molecule has 1 saturated heterocycles. The third-order valence-electron chi connectivity index (χ3n) is 6.12. The molecular weight excluding hydrogens is 551 g/mol.